The molecule has 2 aromatic heterocycles. The van der Waals surface area contributed by atoms with Gasteiger partial charge in [-0.1, -0.05) is 15.9 Å². The van der Waals surface area contributed by atoms with E-state index in [4.69, 9.17) is 4.74 Å². The smallest absolute Gasteiger partial charge is 0.319 e. The molecule has 27 heavy (non-hydrogen) atoms. The maximum absolute atomic E-state index is 12.4. The normalized spacial score (nSPS) is 11.7. The van der Waals surface area contributed by atoms with Crippen molar-refractivity contribution in [3.63, 3.8) is 0 Å². The molecule has 0 radical (unpaired) electrons. The van der Waals surface area contributed by atoms with E-state index in [1.54, 1.807) is 38.6 Å². The largest absolute Gasteiger partial charge is 0.495 e. The van der Waals surface area contributed by atoms with Crippen molar-refractivity contribution in [1.82, 2.24) is 30.0 Å². The van der Waals surface area contributed by atoms with Crippen molar-refractivity contribution in [3.05, 3.63) is 52.8 Å². The number of benzene rings is 1. The average molecular weight is 432 g/mol. The number of amides is 2. The van der Waals surface area contributed by atoms with Gasteiger partial charge in [-0.3, -0.25) is 0 Å². The molecule has 3 aromatic rings. The number of nitrogens with zero attached hydrogens (tertiary/aromatic N) is 5. The average Bonchev–Trinajstić information content (AvgIpc) is 3.15. The molecule has 3 rings (SSSR count). The van der Waals surface area contributed by atoms with Gasteiger partial charge < -0.3 is 15.4 Å². The summed E-state index contributed by atoms with van der Waals surface area (Å²) in [6, 6.07) is 4.50. The monoisotopic (exact) mass is 431 g/mol. The highest BCUT2D eigenvalue weighted by Gasteiger charge is 2.19. The SMILES string of the molecule is COc1cc(C)c(Br)cc1NC(=O)N[C@@H](C)c1ncnn1-c1ncccn1. The third-order valence-corrected chi connectivity index (χ3v) is 4.63. The summed E-state index contributed by atoms with van der Waals surface area (Å²) in [6.07, 6.45) is 4.61. The van der Waals surface area contributed by atoms with Crippen LogP contribution in [0.3, 0.4) is 0 Å². The molecule has 0 aliphatic carbocycles. The molecule has 0 saturated carbocycles. The first-order valence-corrected chi connectivity index (χ1v) is 8.88. The van der Waals surface area contributed by atoms with E-state index in [9.17, 15) is 4.79 Å². The minimum Gasteiger partial charge on any atom is -0.495 e. The van der Waals surface area contributed by atoms with Crippen molar-refractivity contribution in [2.75, 3.05) is 12.4 Å². The second-order valence-electron chi connectivity index (χ2n) is 5.70. The van der Waals surface area contributed by atoms with Crippen LogP contribution in [-0.2, 0) is 0 Å². The third kappa shape index (κ3) is 4.22. The highest BCUT2D eigenvalue weighted by atomic mass is 79.9. The summed E-state index contributed by atoms with van der Waals surface area (Å²) >= 11 is 3.45. The van der Waals surface area contributed by atoms with Crippen molar-refractivity contribution in [2.45, 2.75) is 19.9 Å². The Morgan fingerprint density at radius 1 is 1.26 bits per heavy atom. The lowest BCUT2D eigenvalue weighted by atomic mass is 10.2. The number of carbonyl (C=O) groups excluding carboxylic acids is 1. The molecule has 1 aromatic carbocycles. The van der Waals surface area contributed by atoms with Crippen LogP contribution in [0.25, 0.3) is 5.95 Å². The first kappa shape index (κ1) is 18.8. The molecule has 140 valence electrons. The summed E-state index contributed by atoms with van der Waals surface area (Å²) in [7, 11) is 1.55. The van der Waals surface area contributed by atoms with Gasteiger partial charge in [0.15, 0.2) is 5.82 Å². The number of aromatic nitrogens is 5. The molecular formula is C17H18BrN7O2. The molecule has 0 unspecified atom stereocenters. The van der Waals surface area contributed by atoms with E-state index in [1.807, 2.05) is 13.0 Å². The molecule has 0 aliphatic heterocycles. The molecule has 1 atom stereocenters. The highest BCUT2D eigenvalue weighted by molar-refractivity contribution is 9.10. The van der Waals surface area contributed by atoms with E-state index < -0.39 is 12.1 Å². The van der Waals surface area contributed by atoms with Gasteiger partial charge in [0.25, 0.3) is 5.95 Å². The number of ether oxygens (including phenoxy) is 1. The van der Waals surface area contributed by atoms with Crippen LogP contribution in [0.5, 0.6) is 5.75 Å². The molecule has 10 heteroatoms. The summed E-state index contributed by atoms with van der Waals surface area (Å²) in [5.41, 5.74) is 1.55. The summed E-state index contributed by atoms with van der Waals surface area (Å²) in [6.45, 7) is 3.74. The summed E-state index contributed by atoms with van der Waals surface area (Å²) in [5, 5.41) is 9.74. The zero-order valence-electron chi connectivity index (χ0n) is 15.0. The summed E-state index contributed by atoms with van der Waals surface area (Å²) in [5.74, 6) is 1.45. The van der Waals surface area contributed by atoms with Gasteiger partial charge in [-0.2, -0.15) is 9.78 Å². The zero-order chi connectivity index (χ0) is 19.4. The maximum Gasteiger partial charge on any atom is 0.319 e. The Morgan fingerprint density at radius 2 is 2.00 bits per heavy atom. The van der Waals surface area contributed by atoms with Gasteiger partial charge >= 0.3 is 6.03 Å². The number of rotatable bonds is 5. The number of hydrogen-bond donors (Lipinski definition) is 2. The second-order valence-corrected chi connectivity index (χ2v) is 6.55. The molecule has 0 fully saturated rings. The maximum atomic E-state index is 12.4. The van der Waals surface area contributed by atoms with Crippen LogP contribution in [0.2, 0.25) is 0 Å². The quantitative estimate of drug-likeness (QED) is 0.642. The fraction of sp³-hybridized carbons (Fsp3) is 0.235. The van der Waals surface area contributed by atoms with Gasteiger partial charge in [-0.25, -0.2) is 19.7 Å². The molecule has 2 amide bonds. The van der Waals surface area contributed by atoms with Gasteiger partial charge in [0.05, 0.1) is 18.8 Å². The van der Waals surface area contributed by atoms with Crippen LogP contribution in [-0.4, -0.2) is 37.9 Å². The lowest BCUT2D eigenvalue weighted by Gasteiger charge is -2.16. The van der Waals surface area contributed by atoms with Crippen LogP contribution in [0.4, 0.5) is 10.5 Å². The fourth-order valence-electron chi connectivity index (χ4n) is 2.44. The topological polar surface area (TPSA) is 107 Å². The van der Waals surface area contributed by atoms with Crippen molar-refractivity contribution < 1.29 is 9.53 Å². The second kappa shape index (κ2) is 8.12. The number of carbonyl (C=O) groups is 1. The first-order chi connectivity index (χ1) is 13.0. The molecule has 0 bridgehead atoms. The van der Waals surface area contributed by atoms with Crippen LogP contribution in [0, 0.1) is 6.92 Å². The first-order valence-electron chi connectivity index (χ1n) is 8.08. The van der Waals surface area contributed by atoms with E-state index >= 15 is 0 Å². The highest BCUT2D eigenvalue weighted by Crippen LogP contribution is 2.31. The molecule has 0 aliphatic rings. The minimum absolute atomic E-state index is 0.378. The lowest BCUT2D eigenvalue weighted by Crippen LogP contribution is -2.32. The van der Waals surface area contributed by atoms with Crippen LogP contribution in [0.15, 0.2) is 41.4 Å². The number of halogens is 1. The van der Waals surface area contributed by atoms with Crippen molar-refractivity contribution in [2.24, 2.45) is 0 Å². The lowest BCUT2D eigenvalue weighted by molar-refractivity contribution is 0.248. The molecule has 9 nitrogen and oxygen atoms in total. The van der Waals surface area contributed by atoms with E-state index in [2.05, 4.69) is 46.6 Å². The number of anilines is 1. The Morgan fingerprint density at radius 3 is 2.70 bits per heavy atom. The standard InChI is InChI=1S/C17H18BrN7O2/c1-10-7-14(27-3)13(8-12(10)18)24-17(26)23-11(2)15-21-9-22-25(15)16-19-5-4-6-20-16/h4-9,11H,1-3H3,(H2,23,24,26)/t11-/m0/s1. The number of urea groups is 1. The van der Waals surface area contributed by atoms with E-state index in [0.717, 1.165) is 10.0 Å². The number of hydrogen-bond acceptors (Lipinski definition) is 6. The fourth-order valence-corrected chi connectivity index (χ4v) is 2.78. The summed E-state index contributed by atoms with van der Waals surface area (Å²) in [4.78, 5) is 25.0. The zero-order valence-corrected chi connectivity index (χ0v) is 16.6. The van der Waals surface area contributed by atoms with Gasteiger partial charge in [0.1, 0.15) is 12.1 Å². The predicted octanol–water partition coefficient (Wildman–Crippen LogP) is 3.02. The van der Waals surface area contributed by atoms with Crippen molar-refractivity contribution in [1.29, 1.82) is 0 Å². The Balaban J connectivity index is 1.74. The van der Waals surface area contributed by atoms with Gasteiger partial charge in [-0.15, -0.1) is 0 Å². The Hall–Kier alpha value is -3.01. The molecule has 2 heterocycles. The predicted molar refractivity (Wildman–Crippen MR) is 103 cm³/mol. The van der Waals surface area contributed by atoms with E-state index in [-0.39, 0.29) is 0 Å². The van der Waals surface area contributed by atoms with Gasteiger partial charge in [-0.05, 0) is 37.6 Å². The van der Waals surface area contributed by atoms with Crippen LogP contribution < -0.4 is 15.4 Å². The van der Waals surface area contributed by atoms with E-state index in [0.29, 0.717) is 23.2 Å². The summed E-state index contributed by atoms with van der Waals surface area (Å²) < 4.78 is 7.68. The molecule has 2 N–H and O–H groups in total. The van der Waals surface area contributed by atoms with Crippen molar-refractivity contribution >= 4 is 27.6 Å². The Bertz CT molecular complexity index is 946. The van der Waals surface area contributed by atoms with Gasteiger partial charge in [0, 0.05) is 16.9 Å². The van der Waals surface area contributed by atoms with Crippen LogP contribution in [0.1, 0.15) is 24.4 Å². The molecule has 0 saturated heterocycles. The van der Waals surface area contributed by atoms with E-state index in [1.165, 1.54) is 11.0 Å². The Kier molecular flexibility index (Phi) is 5.65. The Labute approximate surface area is 164 Å². The van der Waals surface area contributed by atoms with Gasteiger partial charge in [0.2, 0.25) is 0 Å². The third-order valence-electron chi connectivity index (χ3n) is 3.78. The van der Waals surface area contributed by atoms with Crippen LogP contribution >= 0.6 is 15.9 Å². The number of aryl methyl sites for hydroxylation is 1. The number of methoxy groups -OCH3 is 1. The molecule has 0 spiro atoms. The molecular weight excluding hydrogens is 414 g/mol. The number of nitrogens with one attached hydrogen (secondary N) is 2. The minimum atomic E-state index is -0.434. The van der Waals surface area contributed by atoms with Crippen molar-refractivity contribution in [3.8, 4) is 11.7 Å².